The van der Waals surface area contributed by atoms with Crippen molar-refractivity contribution in [3.05, 3.63) is 28.8 Å². The molecule has 7 heteroatoms. The molecule has 5 nitrogen and oxygen atoms in total. The lowest BCUT2D eigenvalue weighted by Gasteiger charge is -2.19. The summed E-state index contributed by atoms with van der Waals surface area (Å²) in [4.78, 5) is 0.123. The molecule has 2 unspecified atom stereocenters. The minimum absolute atomic E-state index is 0.00983. The number of halogens is 1. The van der Waals surface area contributed by atoms with Gasteiger partial charge in [-0.05, 0) is 48.9 Å². The van der Waals surface area contributed by atoms with Crippen LogP contribution in [0.3, 0.4) is 0 Å². The van der Waals surface area contributed by atoms with Crippen LogP contribution >= 0.6 is 11.6 Å². The Kier molecular flexibility index (Phi) is 4.25. The molecule has 2 N–H and O–H groups in total. The van der Waals surface area contributed by atoms with Crippen LogP contribution in [-0.4, -0.2) is 32.3 Å². The Labute approximate surface area is 129 Å². The van der Waals surface area contributed by atoms with E-state index in [-0.39, 0.29) is 23.6 Å². The first-order valence-electron chi connectivity index (χ1n) is 7.04. The predicted molar refractivity (Wildman–Crippen MR) is 78.6 cm³/mol. The Hall–Kier alpha value is -0.660. The molecular formula is C14H18ClNO4S. The monoisotopic (exact) mass is 331 g/mol. The van der Waals surface area contributed by atoms with Crippen LogP contribution in [0.5, 0.6) is 0 Å². The van der Waals surface area contributed by atoms with Crippen molar-refractivity contribution in [2.24, 2.45) is 5.92 Å². The number of hydrogen-bond donors (Lipinski definition) is 2. The van der Waals surface area contributed by atoms with Gasteiger partial charge in [-0.15, -0.1) is 0 Å². The summed E-state index contributed by atoms with van der Waals surface area (Å²) < 4.78 is 33.3. The van der Waals surface area contributed by atoms with Gasteiger partial charge in [0.25, 0.3) is 0 Å². The van der Waals surface area contributed by atoms with Crippen molar-refractivity contribution in [2.75, 3.05) is 6.61 Å². The van der Waals surface area contributed by atoms with Gasteiger partial charge in [0.15, 0.2) is 0 Å². The number of nitrogens with one attached hydrogen (secondary N) is 1. The third-order valence-electron chi connectivity index (χ3n) is 4.03. The Bertz CT molecular complexity index is 630. The zero-order valence-corrected chi connectivity index (χ0v) is 13.0. The van der Waals surface area contributed by atoms with Crippen molar-refractivity contribution in [1.29, 1.82) is 0 Å². The molecule has 1 saturated heterocycles. The standard InChI is InChI=1S/C14H18ClNO4S/c15-12-4-3-11(7-10(12)8-17)21(18,19)16-13-5-6-20-14(13)9-1-2-9/h3-4,7,9,13-14,16-17H,1-2,5-6,8H2. The third-order valence-corrected chi connectivity index (χ3v) is 5.88. The number of sulfonamides is 1. The fourth-order valence-electron chi connectivity index (χ4n) is 2.73. The molecule has 2 fully saturated rings. The summed E-state index contributed by atoms with van der Waals surface area (Å²) >= 11 is 5.89. The molecule has 0 radical (unpaired) electrons. The molecule has 116 valence electrons. The molecule has 2 atom stereocenters. The van der Waals surface area contributed by atoms with Gasteiger partial charge < -0.3 is 9.84 Å². The van der Waals surface area contributed by atoms with Gasteiger partial charge in [0.05, 0.1) is 23.6 Å². The van der Waals surface area contributed by atoms with Gasteiger partial charge in [0.2, 0.25) is 10.0 Å². The smallest absolute Gasteiger partial charge is 0.240 e. The fourth-order valence-corrected chi connectivity index (χ4v) is 4.24. The lowest BCUT2D eigenvalue weighted by atomic mass is 10.1. The number of aliphatic hydroxyl groups is 1. The quantitative estimate of drug-likeness (QED) is 0.860. The zero-order valence-electron chi connectivity index (χ0n) is 11.5. The summed E-state index contributed by atoms with van der Waals surface area (Å²) in [6, 6.07) is 4.18. The summed E-state index contributed by atoms with van der Waals surface area (Å²) in [6.07, 6.45) is 2.90. The van der Waals surface area contributed by atoms with Gasteiger partial charge in [-0.1, -0.05) is 11.6 Å². The second kappa shape index (κ2) is 5.85. The number of hydrogen-bond acceptors (Lipinski definition) is 4. The topological polar surface area (TPSA) is 75.6 Å². The Morgan fingerprint density at radius 1 is 1.33 bits per heavy atom. The molecule has 0 bridgehead atoms. The number of ether oxygens (including phenoxy) is 1. The molecule has 1 saturated carbocycles. The Balaban J connectivity index is 1.80. The van der Waals surface area contributed by atoms with Gasteiger partial charge in [-0.2, -0.15) is 0 Å². The van der Waals surface area contributed by atoms with Crippen LogP contribution in [0.1, 0.15) is 24.8 Å². The molecule has 1 heterocycles. The van der Waals surface area contributed by atoms with E-state index in [2.05, 4.69) is 4.72 Å². The zero-order chi connectivity index (χ0) is 15.0. The van der Waals surface area contributed by atoms with Gasteiger partial charge >= 0.3 is 0 Å². The molecule has 1 aliphatic carbocycles. The van der Waals surface area contributed by atoms with Gasteiger partial charge in [-0.3, -0.25) is 0 Å². The molecule has 21 heavy (non-hydrogen) atoms. The highest BCUT2D eigenvalue weighted by atomic mass is 35.5. The van der Waals surface area contributed by atoms with Gasteiger partial charge in [0.1, 0.15) is 0 Å². The Morgan fingerprint density at radius 3 is 2.76 bits per heavy atom. The highest BCUT2D eigenvalue weighted by Crippen LogP contribution is 2.39. The van der Waals surface area contributed by atoms with E-state index in [0.717, 1.165) is 12.8 Å². The number of rotatable bonds is 5. The average molecular weight is 332 g/mol. The normalized spacial score (nSPS) is 26.2. The van der Waals surface area contributed by atoms with Crippen molar-refractivity contribution in [3.63, 3.8) is 0 Å². The summed E-state index contributed by atoms with van der Waals surface area (Å²) in [5.41, 5.74) is 0.404. The van der Waals surface area contributed by atoms with E-state index in [1.807, 2.05) is 0 Å². The molecule has 1 aliphatic heterocycles. The molecule has 0 aromatic heterocycles. The first-order valence-corrected chi connectivity index (χ1v) is 8.90. The van der Waals surface area contributed by atoms with E-state index in [0.29, 0.717) is 29.5 Å². The third kappa shape index (κ3) is 3.24. The minimum Gasteiger partial charge on any atom is -0.392 e. The maximum absolute atomic E-state index is 12.5. The highest BCUT2D eigenvalue weighted by molar-refractivity contribution is 7.89. The number of benzene rings is 1. The molecule has 2 aliphatic rings. The fraction of sp³-hybridized carbons (Fsp3) is 0.571. The molecule has 3 rings (SSSR count). The lowest BCUT2D eigenvalue weighted by molar-refractivity contribution is 0.0848. The van der Waals surface area contributed by atoms with E-state index >= 15 is 0 Å². The summed E-state index contributed by atoms with van der Waals surface area (Å²) in [7, 11) is -3.63. The molecule has 0 spiro atoms. The number of aliphatic hydroxyl groups excluding tert-OH is 1. The van der Waals surface area contributed by atoms with Crippen LogP contribution in [0.25, 0.3) is 0 Å². The van der Waals surface area contributed by atoms with E-state index in [1.165, 1.54) is 18.2 Å². The van der Waals surface area contributed by atoms with E-state index in [9.17, 15) is 13.5 Å². The van der Waals surface area contributed by atoms with Crippen LogP contribution < -0.4 is 4.72 Å². The van der Waals surface area contributed by atoms with Crippen LogP contribution in [0.15, 0.2) is 23.1 Å². The largest absolute Gasteiger partial charge is 0.392 e. The van der Waals surface area contributed by atoms with Crippen molar-refractivity contribution < 1.29 is 18.3 Å². The van der Waals surface area contributed by atoms with Crippen LogP contribution in [0, 0.1) is 5.92 Å². The first-order chi connectivity index (χ1) is 10.0. The summed E-state index contributed by atoms with van der Waals surface area (Å²) in [5, 5.41) is 9.55. The van der Waals surface area contributed by atoms with Crippen molar-refractivity contribution >= 4 is 21.6 Å². The first kappa shape index (κ1) is 15.2. The second-order valence-corrected chi connectivity index (χ2v) is 7.72. The summed E-state index contributed by atoms with van der Waals surface area (Å²) in [6.45, 7) is 0.302. The maximum Gasteiger partial charge on any atom is 0.240 e. The van der Waals surface area contributed by atoms with Gasteiger partial charge in [-0.25, -0.2) is 13.1 Å². The van der Waals surface area contributed by atoms with E-state index in [4.69, 9.17) is 16.3 Å². The van der Waals surface area contributed by atoms with Crippen molar-refractivity contribution in [1.82, 2.24) is 4.72 Å². The van der Waals surface area contributed by atoms with Crippen molar-refractivity contribution in [2.45, 2.75) is 42.9 Å². The predicted octanol–water partition coefficient (Wildman–Crippen LogP) is 1.68. The van der Waals surface area contributed by atoms with E-state index < -0.39 is 10.0 Å². The van der Waals surface area contributed by atoms with Gasteiger partial charge in [0, 0.05) is 11.6 Å². The minimum atomic E-state index is -3.63. The molecule has 1 aromatic rings. The second-order valence-electron chi connectivity index (χ2n) is 5.60. The lowest BCUT2D eigenvalue weighted by Crippen LogP contribution is -2.41. The van der Waals surface area contributed by atoms with Crippen LogP contribution in [0.4, 0.5) is 0 Å². The average Bonchev–Trinajstić information content (AvgIpc) is 3.20. The SMILES string of the molecule is O=S(=O)(NC1CCOC1C1CC1)c1ccc(Cl)c(CO)c1. The molecular weight excluding hydrogens is 314 g/mol. The Morgan fingerprint density at radius 2 is 2.10 bits per heavy atom. The molecule has 1 aromatic carbocycles. The highest BCUT2D eigenvalue weighted by Gasteiger charge is 2.42. The van der Waals surface area contributed by atoms with E-state index in [1.54, 1.807) is 0 Å². The maximum atomic E-state index is 12.5. The van der Waals surface area contributed by atoms with Crippen LogP contribution in [-0.2, 0) is 21.4 Å². The molecule has 0 amide bonds. The van der Waals surface area contributed by atoms with Crippen LogP contribution in [0.2, 0.25) is 5.02 Å². The summed E-state index contributed by atoms with van der Waals surface area (Å²) in [5.74, 6) is 0.485. The van der Waals surface area contributed by atoms with Crippen molar-refractivity contribution in [3.8, 4) is 0 Å².